The van der Waals surface area contributed by atoms with Gasteiger partial charge >= 0.3 is 0 Å². The Labute approximate surface area is 157 Å². The molecule has 2 aromatic heterocycles. The van der Waals surface area contributed by atoms with Crippen LogP contribution in [0.5, 0.6) is 0 Å². The Bertz CT molecular complexity index is 802. The summed E-state index contributed by atoms with van der Waals surface area (Å²) in [6, 6.07) is 7.88. The average molecular weight is 372 g/mol. The molecular weight excluding hydrogens is 348 g/mol. The van der Waals surface area contributed by atoms with E-state index in [2.05, 4.69) is 16.3 Å². The van der Waals surface area contributed by atoms with Crippen molar-refractivity contribution >= 4 is 17.2 Å². The second-order valence-corrected chi connectivity index (χ2v) is 8.85. The third-order valence-electron chi connectivity index (χ3n) is 6.27. The molecule has 26 heavy (non-hydrogen) atoms. The second kappa shape index (κ2) is 6.22. The van der Waals surface area contributed by atoms with E-state index in [4.69, 9.17) is 9.15 Å². The molecule has 0 saturated carbocycles. The van der Waals surface area contributed by atoms with Gasteiger partial charge in [-0.15, -0.1) is 11.3 Å². The van der Waals surface area contributed by atoms with E-state index >= 15 is 0 Å². The zero-order chi connectivity index (χ0) is 17.7. The molecule has 0 aromatic carbocycles. The van der Waals surface area contributed by atoms with E-state index in [1.54, 1.807) is 0 Å². The molecule has 138 valence electrons. The van der Waals surface area contributed by atoms with Gasteiger partial charge in [-0.05, 0) is 43.3 Å². The summed E-state index contributed by atoms with van der Waals surface area (Å²) in [6.45, 7) is 5.53. The van der Waals surface area contributed by atoms with E-state index in [1.807, 2.05) is 30.5 Å². The van der Waals surface area contributed by atoms with Crippen molar-refractivity contribution in [1.82, 2.24) is 10.2 Å². The van der Waals surface area contributed by atoms with Crippen molar-refractivity contribution in [3.05, 3.63) is 46.0 Å². The topological polar surface area (TPSA) is 54.7 Å². The largest absolute Gasteiger partial charge is 0.465 e. The Balaban J connectivity index is 1.25. The number of nitrogens with one attached hydrogen (secondary N) is 1. The van der Waals surface area contributed by atoms with E-state index in [-0.39, 0.29) is 11.5 Å². The summed E-state index contributed by atoms with van der Waals surface area (Å²) in [5.74, 6) is 2.94. The number of nitrogens with zero attached hydrogens (tertiary/aromatic N) is 1. The highest BCUT2D eigenvalue weighted by Crippen LogP contribution is 2.54. The zero-order valence-corrected chi connectivity index (χ0v) is 15.8. The third-order valence-corrected chi connectivity index (χ3v) is 7.14. The smallest absolute Gasteiger partial charge is 0.261 e. The number of ether oxygens (including phenoxy) is 1. The predicted molar refractivity (Wildman–Crippen MR) is 99.2 cm³/mol. The molecule has 6 heteroatoms. The summed E-state index contributed by atoms with van der Waals surface area (Å²) in [4.78, 5) is 15.5. The highest BCUT2D eigenvalue weighted by molar-refractivity contribution is 7.12. The van der Waals surface area contributed by atoms with Crippen molar-refractivity contribution < 1.29 is 13.9 Å². The number of rotatable bonds is 5. The fourth-order valence-corrected chi connectivity index (χ4v) is 5.82. The molecule has 1 amide bonds. The zero-order valence-electron chi connectivity index (χ0n) is 14.9. The molecule has 5 heterocycles. The van der Waals surface area contributed by atoms with Crippen LogP contribution in [-0.2, 0) is 11.3 Å². The van der Waals surface area contributed by atoms with Gasteiger partial charge in [-0.1, -0.05) is 6.07 Å². The van der Waals surface area contributed by atoms with Gasteiger partial charge in [0.25, 0.3) is 5.91 Å². The summed E-state index contributed by atoms with van der Waals surface area (Å²) < 4.78 is 12.2. The van der Waals surface area contributed by atoms with Crippen molar-refractivity contribution in [2.24, 2.45) is 11.8 Å². The van der Waals surface area contributed by atoms with Crippen LogP contribution in [0, 0.1) is 18.8 Å². The Hall–Kier alpha value is -1.63. The Kier molecular flexibility index (Phi) is 3.95. The fourth-order valence-electron chi connectivity index (χ4n) is 5.18. The Morgan fingerprint density at radius 3 is 3.12 bits per heavy atom. The first-order valence-corrected chi connectivity index (χ1v) is 10.3. The Morgan fingerprint density at radius 2 is 2.35 bits per heavy atom. The molecule has 5 rings (SSSR count). The van der Waals surface area contributed by atoms with Gasteiger partial charge in [0.2, 0.25) is 0 Å². The molecule has 0 aliphatic carbocycles. The lowest BCUT2D eigenvalue weighted by Gasteiger charge is -2.29. The monoisotopic (exact) mass is 372 g/mol. The molecular formula is C20H24N2O3S. The van der Waals surface area contributed by atoms with Gasteiger partial charge in [0.05, 0.1) is 23.1 Å². The highest BCUT2D eigenvalue weighted by atomic mass is 32.1. The first kappa shape index (κ1) is 16.5. The maximum atomic E-state index is 12.3. The molecule has 4 atom stereocenters. The lowest BCUT2D eigenvalue weighted by Crippen LogP contribution is -2.41. The number of furan rings is 1. The van der Waals surface area contributed by atoms with Crippen LogP contribution in [0.3, 0.4) is 0 Å². The fraction of sp³-hybridized carbons (Fsp3) is 0.550. The number of thiophene rings is 1. The molecule has 2 bridgehead atoms. The van der Waals surface area contributed by atoms with E-state index in [1.165, 1.54) is 11.3 Å². The molecule has 2 aromatic rings. The quantitative estimate of drug-likeness (QED) is 0.876. The second-order valence-electron chi connectivity index (χ2n) is 7.90. The number of fused-ring (bicyclic) bond motifs is 1. The standard InChI is InChI=1S/C20H24N2O3S/c1-13-4-5-14(24-13)10-22-11-16-15(17-6-7-20(16,12-22)25-17)9-21-19(23)18-3-2-8-26-18/h2-5,8,15-17H,6-7,9-12H2,1H3,(H,21,23)/t15-,16+,17+,20+/m0/s1. The van der Waals surface area contributed by atoms with Crippen LogP contribution in [0.1, 0.15) is 34.0 Å². The lowest BCUT2D eigenvalue weighted by atomic mass is 9.73. The van der Waals surface area contributed by atoms with Crippen molar-refractivity contribution in [3.63, 3.8) is 0 Å². The molecule has 3 saturated heterocycles. The van der Waals surface area contributed by atoms with Gasteiger partial charge in [0.15, 0.2) is 0 Å². The van der Waals surface area contributed by atoms with Crippen LogP contribution in [0.4, 0.5) is 0 Å². The number of carbonyl (C=O) groups excluding carboxylic acids is 1. The molecule has 1 N–H and O–H groups in total. The van der Waals surface area contributed by atoms with Crippen LogP contribution < -0.4 is 5.32 Å². The van der Waals surface area contributed by atoms with Gasteiger partial charge in [-0.25, -0.2) is 0 Å². The minimum absolute atomic E-state index is 0.00930. The van der Waals surface area contributed by atoms with Crippen molar-refractivity contribution in [3.8, 4) is 0 Å². The van der Waals surface area contributed by atoms with Gasteiger partial charge in [-0.2, -0.15) is 0 Å². The maximum absolute atomic E-state index is 12.3. The maximum Gasteiger partial charge on any atom is 0.261 e. The van der Waals surface area contributed by atoms with E-state index in [0.717, 1.165) is 48.9 Å². The number of hydrogen-bond donors (Lipinski definition) is 1. The molecule has 1 spiro atoms. The predicted octanol–water partition coefficient (Wildman–Crippen LogP) is 3.06. The van der Waals surface area contributed by atoms with Crippen molar-refractivity contribution in [1.29, 1.82) is 0 Å². The number of aryl methyl sites for hydroxylation is 1. The molecule has 5 nitrogen and oxygen atoms in total. The van der Waals surface area contributed by atoms with Crippen molar-refractivity contribution in [2.45, 2.75) is 38.0 Å². The van der Waals surface area contributed by atoms with Crippen molar-refractivity contribution in [2.75, 3.05) is 19.6 Å². The van der Waals surface area contributed by atoms with E-state index < -0.39 is 0 Å². The summed E-state index contributed by atoms with van der Waals surface area (Å²) in [5.41, 5.74) is -0.00930. The number of amides is 1. The van der Waals surface area contributed by atoms with Gasteiger partial charge in [0, 0.05) is 31.5 Å². The lowest BCUT2D eigenvalue weighted by molar-refractivity contribution is 0.00166. The summed E-state index contributed by atoms with van der Waals surface area (Å²) >= 11 is 1.49. The number of likely N-dealkylation sites (tertiary alicyclic amines) is 1. The van der Waals surface area contributed by atoms with Crippen LogP contribution in [0.25, 0.3) is 0 Å². The minimum atomic E-state index is -0.00930. The summed E-state index contributed by atoms with van der Waals surface area (Å²) in [6.07, 6.45) is 2.56. The summed E-state index contributed by atoms with van der Waals surface area (Å²) in [5, 5.41) is 5.08. The van der Waals surface area contributed by atoms with Gasteiger partial charge in [-0.3, -0.25) is 9.69 Å². The normalized spacial score (nSPS) is 32.9. The third kappa shape index (κ3) is 2.71. The summed E-state index contributed by atoms with van der Waals surface area (Å²) in [7, 11) is 0. The molecule has 3 aliphatic rings. The van der Waals surface area contributed by atoms with Crippen LogP contribution in [0.2, 0.25) is 0 Å². The first-order valence-electron chi connectivity index (χ1n) is 9.40. The van der Waals surface area contributed by atoms with E-state index in [0.29, 0.717) is 24.5 Å². The molecule has 3 aliphatic heterocycles. The van der Waals surface area contributed by atoms with Crippen LogP contribution in [-0.4, -0.2) is 42.1 Å². The highest BCUT2D eigenvalue weighted by Gasteiger charge is 2.62. The van der Waals surface area contributed by atoms with Gasteiger partial charge in [0.1, 0.15) is 11.5 Å². The van der Waals surface area contributed by atoms with Gasteiger partial charge < -0.3 is 14.5 Å². The van der Waals surface area contributed by atoms with E-state index in [9.17, 15) is 4.79 Å². The first-order chi connectivity index (χ1) is 12.6. The SMILES string of the molecule is Cc1ccc(CN2C[C@@H]3[C@H](CNC(=O)c4cccs4)[C@H]4CC[C@]3(C2)O4)o1. The number of carbonyl (C=O) groups is 1. The minimum Gasteiger partial charge on any atom is -0.465 e. The van der Waals surface area contributed by atoms with Crippen LogP contribution >= 0.6 is 11.3 Å². The molecule has 3 fully saturated rings. The molecule has 0 radical (unpaired) electrons. The molecule has 0 unspecified atom stereocenters. The van der Waals surface area contributed by atoms with Crippen LogP contribution in [0.15, 0.2) is 34.1 Å². The Morgan fingerprint density at radius 1 is 1.42 bits per heavy atom. The number of hydrogen-bond acceptors (Lipinski definition) is 5. The average Bonchev–Trinajstić information content (AvgIpc) is 3.40.